The van der Waals surface area contributed by atoms with Crippen LogP contribution in [0.3, 0.4) is 0 Å². The summed E-state index contributed by atoms with van der Waals surface area (Å²) in [5.74, 6) is 0.176. The van der Waals surface area contributed by atoms with E-state index in [1.54, 1.807) is 12.1 Å². The molecular weight excluding hydrogens is 531 g/mol. The topological polar surface area (TPSA) is 67.9 Å². The van der Waals surface area contributed by atoms with Crippen molar-refractivity contribution in [2.45, 2.75) is 74.2 Å². The molecule has 2 fully saturated rings. The van der Waals surface area contributed by atoms with E-state index in [9.17, 15) is 30.4 Å². The summed E-state index contributed by atoms with van der Waals surface area (Å²) >= 11 is 0. The third-order valence-electron chi connectivity index (χ3n) is 7.16. The van der Waals surface area contributed by atoms with Gasteiger partial charge in [-0.05, 0) is 81.3 Å². The van der Waals surface area contributed by atoms with E-state index in [0.717, 1.165) is 50.4 Å². The Morgan fingerprint density at radius 1 is 0.947 bits per heavy atom. The number of likely N-dealkylation sites (tertiary alicyclic amines) is 1. The first-order chi connectivity index (χ1) is 18.0. The van der Waals surface area contributed by atoms with E-state index in [1.165, 1.54) is 18.2 Å². The molecule has 2 aromatic carbocycles. The number of para-hydroxylation sites is 1. The second-order valence-electron chi connectivity index (χ2n) is 9.73. The molecule has 0 atom stereocenters. The summed E-state index contributed by atoms with van der Waals surface area (Å²) in [6.07, 6.45) is 0.105. The molecule has 1 N–H and O–H groups in total. The predicted molar refractivity (Wildman–Crippen MR) is 131 cm³/mol. The first kappa shape index (κ1) is 28.6. The number of rotatable bonds is 9. The molecule has 2 aromatic rings. The lowest BCUT2D eigenvalue weighted by Crippen LogP contribution is -2.46. The van der Waals surface area contributed by atoms with E-state index >= 15 is 0 Å². The average molecular weight is 563 g/mol. The zero-order valence-electron chi connectivity index (χ0n) is 20.7. The minimum atomic E-state index is -4.39. The molecule has 1 heterocycles. The Morgan fingerprint density at radius 2 is 1.63 bits per heavy atom. The molecule has 4 rings (SSSR count). The molecule has 1 saturated heterocycles. The Morgan fingerprint density at radius 3 is 2.29 bits per heavy atom. The quantitative estimate of drug-likeness (QED) is 0.398. The van der Waals surface area contributed by atoms with Crippen molar-refractivity contribution in [3.8, 4) is 11.5 Å². The molecule has 1 aliphatic heterocycles. The summed E-state index contributed by atoms with van der Waals surface area (Å²) in [6.45, 7) is -2.75. The second-order valence-corrected chi connectivity index (χ2v) is 11.4. The van der Waals surface area contributed by atoms with E-state index in [-0.39, 0.29) is 28.4 Å². The highest BCUT2D eigenvalue weighted by molar-refractivity contribution is 7.89. The number of ether oxygens (including phenoxy) is 2. The summed E-state index contributed by atoms with van der Waals surface area (Å²) in [4.78, 5) is 2.25. The Labute approximate surface area is 219 Å². The molecule has 1 saturated carbocycles. The fourth-order valence-electron chi connectivity index (χ4n) is 5.35. The van der Waals surface area contributed by atoms with Crippen LogP contribution < -0.4 is 14.2 Å². The number of sulfonamides is 1. The summed E-state index contributed by atoms with van der Waals surface area (Å²) in [7, 11) is -3.89. The van der Waals surface area contributed by atoms with Gasteiger partial charge in [0, 0.05) is 18.2 Å². The molecule has 0 unspecified atom stereocenters. The summed E-state index contributed by atoms with van der Waals surface area (Å²) in [5.41, 5.74) is 0.803. The maximum absolute atomic E-state index is 12.8. The fraction of sp³-hybridized carbons (Fsp3) is 0.538. The van der Waals surface area contributed by atoms with Crippen LogP contribution in [0.15, 0.2) is 53.4 Å². The summed E-state index contributed by atoms with van der Waals surface area (Å²) < 4.78 is 100. The largest absolute Gasteiger partial charge is 0.484 e. The molecule has 6 nitrogen and oxygen atoms in total. The van der Waals surface area contributed by atoms with Gasteiger partial charge in [-0.25, -0.2) is 13.1 Å². The first-order valence-corrected chi connectivity index (χ1v) is 14.1. The molecule has 1 aliphatic carbocycles. The van der Waals surface area contributed by atoms with Crippen LogP contribution in [0.25, 0.3) is 0 Å². The van der Waals surface area contributed by atoms with Gasteiger partial charge >= 0.3 is 12.8 Å². The molecule has 0 radical (unpaired) electrons. The standard InChI is InChI=1S/C26H31F5N2O4S/c27-25(28)37-21-4-3-5-22(16-21)38(34,35)32-19-8-10-20(11-9-19)33-14-12-18(13-15-33)23-6-1-2-7-24(23)36-17-26(29,30)31/h1-7,16,18-20,25,32H,8-15,17H2/t19-,20+. The third-order valence-corrected chi connectivity index (χ3v) is 8.67. The van der Waals surface area contributed by atoms with Gasteiger partial charge < -0.3 is 14.4 Å². The van der Waals surface area contributed by atoms with E-state index in [1.807, 2.05) is 12.1 Å². The Kier molecular flexibility index (Phi) is 9.15. The molecule has 0 bridgehead atoms. The van der Waals surface area contributed by atoms with Gasteiger partial charge in [0.15, 0.2) is 6.61 Å². The molecule has 38 heavy (non-hydrogen) atoms. The van der Waals surface area contributed by atoms with Gasteiger partial charge in [0.05, 0.1) is 4.90 Å². The van der Waals surface area contributed by atoms with Gasteiger partial charge in [-0.3, -0.25) is 0 Å². The highest BCUT2D eigenvalue weighted by Gasteiger charge is 2.33. The third kappa shape index (κ3) is 7.79. The molecule has 12 heteroatoms. The van der Waals surface area contributed by atoms with Crippen molar-refractivity contribution >= 4 is 10.0 Å². The SMILES string of the molecule is O=S(=O)(N[C@H]1CC[C@@H](N2CCC(c3ccccc3OCC(F)(F)F)CC2)CC1)c1cccc(OC(F)F)c1. The summed E-state index contributed by atoms with van der Waals surface area (Å²) in [6, 6.07) is 12.0. The normalized spacial score (nSPS) is 21.9. The van der Waals surface area contributed by atoms with Crippen LogP contribution >= 0.6 is 0 Å². The van der Waals surface area contributed by atoms with E-state index < -0.39 is 29.4 Å². The lowest BCUT2D eigenvalue weighted by atomic mass is 9.85. The monoisotopic (exact) mass is 562 g/mol. The van der Waals surface area contributed by atoms with Crippen molar-refractivity contribution in [1.29, 1.82) is 0 Å². The van der Waals surface area contributed by atoms with Gasteiger partial charge in [0.1, 0.15) is 11.5 Å². The second kappa shape index (κ2) is 12.2. The Balaban J connectivity index is 1.27. The first-order valence-electron chi connectivity index (χ1n) is 12.6. The highest BCUT2D eigenvalue weighted by atomic mass is 32.2. The van der Waals surface area contributed by atoms with Crippen molar-refractivity contribution in [1.82, 2.24) is 9.62 Å². The molecule has 0 amide bonds. The number of alkyl halides is 5. The number of nitrogens with one attached hydrogen (secondary N) is 1. The molecule has 2 aliphatic rings. The molecule has 0 spiro atoms. The van der Waals surface area contributed by atoms with Gasteiger partial charge in [-0.15, -0.1) is 0 Å². The number of halogens is 5. The maximum atomic E-state index is 12.8. The molecule has 0 aromatic heterocycles. The van der Waals surface area contributed by atoms with Gasteiger partial charge in [0.25, 0.3) is 0 Å². The van der Waals surface area contributed by atoms with Crippen LogP contribution in [-0.4, -0.2) is 57.9 Å². The van der Waals surface area contributed by atoms with Crippen LogP contribution in [0.5, 0.6) is 11.5 Å². The van der Waals surface area contributed by atoms with Crippen molar-refractivity contribution < 1.29 is 39.8 Å². The predicted octanol–water partition coefficient (Wildman–Crippen LogP) is 5.70. The minimum Gasteiger partial charge on any atom is -0.484 e. The van der Waals surface area contributed by atoms with E-state index in [2.05, 4.69) is 14.4 Å². The Hall–Kier alpha value is -2.44. The fourth-order valence-corrected chi connectivity index (χ4v) is 6.69. The number of benzene rings is 2. The van der Waals surface area contributed by atoms with E-state index in [0.29, 0.717) is 18.9 Å². The summed E-state index contributed by atoms with van der Waals surface area (Å²) in [5, 5.41) is 0. The molecule has 210 valence electrons. The number of hydrogen-bond acceptors (Lipinski definition) is 5. The number of hydrogen-bond donors (Lipinski definition) is 1. The minimum absolute atomic E-state index is 0.114. The lowest BCUT2D eigenvalue weighted by Gasteiger charge is -2.41. The maximum Gasteiger partial charge on any atom is 0.422 e. The van der Waals surface area contributed by atoms with Crippen LogP contribution in [0, 0.1) is 0 Å². The van der Waals surface area contributed by atoms with Crippen LogP contribution in [0.4, 0.5) is 22.0 Å². The van der Waals surface area contributed by atoms with Crippen LogP contribution in [0.2, 0.25) is 0 Å². The zero-order valence-corrected chi connectivity index (χ0v) is 21.5. The average Bonchev–Trinajstić information content (AvgIpc) is 2.87. The number of nitrogens with zero attached hydrogens (tertiary/aromatic N) is 1. The van der Waals surface area contributed by atoms with E-state index in [4.69, 9.17) is 4.74 Å². The van der Waals surface area contributed by atoms with Gasteiger partial charge in [-0.1, -0.05) is 24.3 Å². The van der Waals surface area contributed by atoms with Crippen molar-refractivity contribution in [2.75, 3.05) is 19.7 Å². The molecular formula is C26H31F5N2O4S. The van der Waals surface area contributed by atoms with Crippen LogP contribution in [0.1, 0.15) is 50.0 Å². The van der Waals surface area contributed by atoms with Gasteiger partial charge in [-0.2, -0.15) is 22.0 Å². The van der Waals surface area contributed by atoms with Crippen molar-refractivity contribution in [3.05, 3.63) is 54.1 Å². The Bertz CT molecular complexity index is 1160. The lowest BCUT2D eigenvalue weighted by molar-refractivity contribution is -0.153. The van der Waals surface area contributed by atoms with Crippen molar-refractivity contribution in [2.24, 2.45) is 0 Å². The highest BCUT2D eigenvalue weighted by Crippen LogP contribution is 2.37. The zero-order chi connectivity index (χ0) is 27.3. The van der Waals surface area contributed by atoms with Gasteiger partial charge in [0.2, 0.25) is 10.0 Å². The van der Waals surface area contributed by atoms with Crippen molar-refractivity contribution in [3.63, 3.8) is 0 Å². The number of piperidine rings is 1. The van der Waals surface area contributed by atoms with Crippen LogP contribution in [-0.2, 0) is 10.0 Å². The smallest absolute Gasteiger partial charge is 0.422 e.